The van der Waals surface area contributed by atoms with Crippen molar-refractivity contribution in [1.82, 2.24) is 0 Å². The molecule has 0 saturated heterocycles. The molecule has 8 rings (SSSR count). The second-order valence-electron chi connectivity index (χ2n) is 16.4. The predicted octanol–water partition coefficient (Wildman–Crippen LogP) is 9.54. The first-order chi connectivity index (χ1) is 38.1. The molecular formula is C54H31BF20O4Se. The van der Waals surface area contributed by atoms with Crippen molar-refractivity contribution in [3.63, 3.8) is 0 Å². The van der Waals surface area contributed by atoms with Crippen molar-refractivity contribution in [2.45, 2.75) is 0 Å². The molecule has 0 aliphatic carbocycles. The van der Waals surface area contributed by atoms with Gasteiger partial charge < -0.3 is 0 Å². The zero-order chi connectivity index (χ0) is 58.3. The Morgan fingerprint density at radius 3 is 0.838 bits per heavy atom. The van der Waals surface area contributed by atoms with Crippen LogP contribution in [0, 0.1) is 116 Å². The van der Waals surface area contributed by atoms with E-state index in [4.69, 9.17) is 18.9 Å². The Hall–Kier alpha value is -7.54. The molecule has 80 heavy (non-hydrogen) atoms. The van der Waals surface area contributed by atoms with Crippen LogP contribution in [-0.4, -0.2) is 59.7 Å². The van der Waals surface area contributed by atoms with Crippen molar-refractivity contribution in [2.75, 3.05) is 39.6 Å². The Balaban J connectivity index is 0.000000238. The first-order valence-corrected chi connectivity index (χ1v) is 25.3. The van der Waals surface area contributed by atoms with E-state index in [0.29, 0.717) is 39.6 Å². The summed E-state index contributed by atoms with van der Waals surface area (Å²) in [5.74, 6) is -69.6. The monoisotopic (exact) mass is 1210 g/mol. The Bertz CT molecular complexity index is 3110. The summed E-state index contributed by atoms with van der Waals surface area (Å²) in [6.45, 7) is 3.13. The van der Waals surface area contributed by atoms with Gasteiger partial charge in [-0.3, -0.25) is 0 Å². The summed E-state index contributed by atoms with van der Waals surface area (Å²) in [6, 6.07) is 39.6. The maximum absolute atomic E-state index is 15.4. The summed E-state index contributed by atoms with van der Waals surface area (Å²) in [7, 11) is 0. The van der Waals surface area contributed by atoms with E-state index in [9.17, 15) is 52.7 Å². The van der Waals surface area contributed by atoms with Gasteiger partial charge in [-0.05, 0) is 12.1 Å². The van der Waals surface area contributed by atoms with Gasteiger partial charge in [0, 0.05) is 0 Å². The van der Waals surface area contributed by atoms with Gasteiger partial charge in [0.05, 0.1) is 0 Å². The van der Waals surface area contributed by atoms with Gasteiger partial charge in [-0.2, -0.15) is 0 Å². The Morgan fingerprint density at radius 1 is 0.263 bits per heavy atom. The number of hydrogen-bond acceptors (Lipinski definition) is 4. The summed E-state index contributed by atoms with van der Waals surface area (Å²) in [4.78, 5) is 0. The number of halogens is 20. The van der Waals surface area contributed by atoms with Crippen molar-refractivity contribution in [1.29, 1.82) is 0 Å². The average molecular weight is 1210 g/mol. The minimum Gasteiger partial charge on any atom is -0.0586 e. The molecule has 0 unspecified atom stereocenters. The van der Waals surface area contributed by atoms with Crippen molar-refractivity contribution in [3.8, 4) is 11.5 Å². The van der Waals surface area contributed by atoms with Gasteiger partial charge >= 0.3 is 177 Å². The summed E-state index contributed by atoms with van der Waals surface area (Å²) in [5, 5.41) is 0. The van der Waals surface area contributed by atoms with Crippen molar-refractivity contribution in [3.05, 3.63) is 232 Å². The number of benzene rings is 8. The molecule has 0 bridgehead atoms. The molecule has 0 radical (unpaired) electrons. The standard InChI is InChI=1S/C30H31O4Se.C24BF20/c1-4-12-26(13-5-1)33-24-22-31-20-21-32-23-25-34-29-18-10-11-19-30(29)35(27-14-6-2-7-15-27)28-16-8-3-9-17-28;26-5-1(6(27)14(35)21(42)13(5)34)25(2-7(28)15(36)22(43)16(37)8(2)29,3-9(30)17(38)23(44)18(39)10(3)31)4-11(32)19(40)24(45)20(41)12(4)33/h1-19H,20-25H2;/q+1;-1. The predicted molar refractivity (Wildman–Crippen MR) is 252 cm³/mol. The molecule has 8 aromatic rings. The van der Waals surface area contributed by atoms with Gasteiger partial charge in [0.25, 0.3) is 0 Å². The Labute approximate surface area is 443 Å². The minimum atomic E-state index is -7.22. The molecule has 0 N–H and O–H groups in total. The van der Waals surface area contributed by atoms with E-state index in [1.165, 1.54) is 13.4 Å². The third-order valence-corrected chi connectivity index (χ3v) is 16.6. The maximum Gasteiger partial charge on any atom is -0.0200 e. The number of hydrogen-bond donors (Lipinski definition) is 0. The van der Waals surface area contributed by atoms with E-state index in [0.717, 1.165) is 11.5 Å². The normalized spacial score (nSPS) is 11.5. The first kappa shape index (κ1) is 60.1. The average Bonchev–Trinajstić information content (AvgIpc) is 3.47. The van der Waals surface area contributed by atoms with Crippen LogP contribution < -0.4 is 44.7 Å². The molecule has 0 aromatic heterocycles. The van der Waals surface area contributed by atoms with Gasteiger partial charge in [-0.25, -0.2) is 87.8 Å². The molecular weight excluding hydrogens is 1180 g/mol. The third kappa shape index (κ3) is 11.4. The van der Waals surface area contributed by atoms with Crippen LogP contribution in [0.5, 0.6) is 11.5 Å². The maximum atomic E-state index is 15.4. The van der Waals surface area contributed by atoms with Gasteiger partial charge in [-0.15, -0.1) is 21.9 Å². The number of rotatable bonds is 18. The second-order valence-corrected chi connectivity index (χ2v) is 20.6. The quantitative estimate of drug-likeness (QED) is 0.0282. The van der Waals surface area contributed by atoms with E-state index in [1.807, 2.05) is 36.4 Å². The molecule has 0 saturated carbocycles. The first-order valence-electron chi connectivity index (χ1n) is 22.7. The van der Waals surface area contributed by atoms with Crippen molar-refractivity contribution in [2.24, 2.45) is 0 Å². The van der Waals surface area contributed by atoms with E-state index in [2.05, 4.69) is 78.9 Å². The molecule has 0 atom stereocenters. The van der Waals surface area contributed by atoms with Gasteiger partial charge in [-0.1, -0.05) is 18.2 Å². The molecule has 8 aromatic carbocycles. The van der Waals surface area contributed by atoms with Crippen LogP contribution in [0.1, 0.15) is 0 Å². The summed E-state index contributed by atoms with van der Waals surface area (Å²) in [5.41, 5.74) is -14.3. The smallest absolute Gasteiger partial charge is 0.0200 e. The molecule has 0 heterocycles. The van der Waals surface area contributed by atoms with Crippen LogP contribution in [0.25, 0.3) is 0 Å². The number of ether oxygens (including phenoxy) is 4. The molecule has 0 fully saturated rings. The summed E-state index contributed by atoms with van der Waals surface area (Å²) >= 11 is -1.48. The van der Waals surface area contributed by atoms with Crippen LogP contribution in [0.3, 0.4) is 0 Å². The van der Waals surface area contributed by atoms with Crippen molar-refractivity contribution >= 4 is 55.3 Å². The van der Waals surface area contributed by atoms with Crippen LogP contribution in [-0.2, 0) is 9.47 Å². The van der Waals surface area contributed by atoms with E-state index < -0.39 is 158 Å². The second kappa shape index (κ2) is 25.7. The molecule has 4 nitrogen and oxygen atoms in total. The molecule has 26 heteroatoms. The fourth-order valence-electron chi connectivity index (χ4n) is 8.38. The van der Waals surface area contributed by atoms with E-state index in [-0.39, 0.29) is 0 Å². The zero-order valence-corrected chi connectivity index (χ0v) is 41.6. The van der Waals surface area contributed by atoms with Crippen LogP contribution in [0.2, 0.25) is 0 Å². The van der Waals surface area contributed by atoms with Crippen LogP contribution in [0.4, 0.5) is 87.8 Å². The van der Waals surface area contributed by atoms with E-state index >= 15 is 35.1 Å². The topological polar surface area (TPSA) is 36.9 Å². The summed E-state index contributed by atoms with van der Waals surface area (Å²) < 4.78 is 321. The SMILES string of the molecule is Fc1c(F)c(F)c([B-](c2c(F)c(F)c(F)c(F)c2F)(c2c(F)c(F)c(F)c(F)c2F)c2c(F)c(F)c(F)c(F)c2F)c(F)c1F.c1ccc(OCCOCCOCCOc2ccccc2[Se+](c2ccccc2)c2ccccc2)cc1. The van der Waals surface area contributed by atoms with Crippen LogP contribution >= 0.6 is 0 Å². The van der Waals surface area contributed by atoms with Gasteiger partial charge in [0.15, 0.2) is 69.8 Å². The van der Waals surface area contributed by atoms with Gasteiger partial charge in [0.1, 0.15) is 58.4 Å². The van der Waals surface area contributed by atoms with Gasteiger partial charge in [0.2, 0.25) is 0 Å². The third-order valence-electron chi connectivity index (χ3n) is 11.8. The molecule has 0 spiro atoms. The molecule has 0 aliphatic rings. The molecule has 0 aliphatic heterocycles. The van der Waals surface area contributed by atoms with Crippen molar-refractivity contribution < 1.29 is 107 Å². The number of para-hydroxylation sites is 2. The minimum absolute atomic E-state index is 0.497. The van der Waals surface area contributed by atoms with E-state index in [1.54, 1.807) is 0 Å². The molecule has 420 valence electrons. The fourth-order valence-corrected chi connectivity index (χ4v) is 13.0. The largest absolute Gasteiger partial charge is 0.0586 e. The molecule has 0 amide bonds. The Morgan fingerprint density at radius 2 is 0.512 bits per heavy atom. The summed E-state index contributed by atoms with van der Waals surface area (Å²) in [6.07, 6.45) is -7.22. The zero-order valence-electron chi connectivity index (χ0n) is 39.9. The van der Waals surface area contributed by atoms with Crippen LogP contribution in [0.15, 0.2) is 115 Å². The Kier molecular flexibility index (Phi) is 19.3. The fraction of sp³-hybridized carbons (Fsp3) is 0.111.